The number of carboxylic acid groups (broad SMARTS) is 2. The number of unbranched alkanes of at least 4 members (excludes halogenated alkanes) is 1. The highest BCUT2D eigenvalue weighted by molar-refractivity contribution is 7.17. The van der Waals surface area contributed by atoms with Crippen LogP contribution in [0.4, 0.5) is 5.69 Å². The number of nitrogens with one attached hydrogen (secondary N) is 1. The second-order valence-corrected chi connectivity index (χ2v) is 9.62. The number of carbonyl (C=O) groups is 2. The monoisotopic (exact) mass is 523 g/mol. The Kier molecular flexibility index (Phi) is 8.76. The first kappa shape index (κ1) is 26.2. The zero-order valence-electron chi connectivity index (χ0n) is 20.3. The molecule has 3 heterocycles. The average molecular weight is 524 g/mol. The summed E-state index contributed by atoms with van der Waals surface area (Å²) in [7, 11) is 0. The van der Waals surface area contributed by atoms with Crippen LogP contribution in [0.5, 0.6) is 5.75 Å². The maximum absolute atomic E-state index is 11.5. The number of hydrogen-bond donors (Lipinski definition) is 3. The van der Waals surface area contributed by atoms with E-state index in [0.29, 0.717) is 6.61 Å². The molecule has 1 aliphatic rings. The minimum atomic E-state index is -1.82. The Morgan fingerprint density at radius 2 is 1.70 bits per heavy atom. The second-order valence-electron chi connectivity index (χ2n) is 8.68. The van der Waals surface area contributed by atoms with Gasteiger partial charge in [0.1, 0.15) is 5.75 Å². The van der Waals surface area contributed by atoms with Crippen molar-refractivity contribution in [2.45, 2.75) is 12.8 Å². The summed E-state index contributed by atoms with van der Waals surface area (Å²) in [5, 5.41) is 19.4. The van der Waals surface area contributed by atoms with Gasteiger partial charge in [-0.1, -0.05) is 6.07 Å². The van der Waals surface area contributed by atoms with Gasteiger partial charge in [0.05, 0.1) is 12.1 Å². The smallest absolute Gasteiger partial charge is 0.414 e. The van der Waals surface area contributed by atoms with Gasteiger partial charge in [0.15, 0.2) is 0 Å². The zero-order valence-corrected chi connectivity index (χ0v) is 21.1. The lowest BCUT2D eigenvalue weighted by molar-refractivity contribution is -0.159. The molecule has 0 saturated carbocycles. The SMILES string of the molecule is O=C(O)C(=O)O.O=c1ccc2ccc(OCCCCN3CCN(c4cccc5sccc45)CC3)cc2[nH]1. The number of anilines is 1. The Hall–Kier alpha value is -3.89. The summed E-state index contributed by atoms with van der Waals surface area (Å²) in [5.41, 5.74) is 2.11. The van der Waals surface area contributed by atoms with Crippen LogP contribution in [0.25, 0.3) is 21.0 Å². The third-order valence-electron chi connectivity index (χ3n) is 6.20. The van der Waals surface area contributed by atoms with Crippen LogP contribution in [0.2, 0.25) is 0 Å². The summed E-state index contributed by atoms with van der Waals surface area (Å²) in [6, 6.07) is 18.1. The number of aliphatic carboxylic acids is 2. The molecule has 3 N–H and O–H groups in total. The van der Waals surface area contributed by atoms with Crippen molar-refractivity contribution in [3.05, 3.63) is 70.3 Å². The van der Waals surface area contributed by atoms with E-state index in [4.69, 9.17) is 24.5 Å². The first-order valence-electron chi connectivity index (χ1n) is 12.1. The van der Waals surface area contributed by atoms with E-state index in [9.17, 15) is 4.79 Å². The van der Waals surface area contributed by atoms with Crippen molar-refractivity contribution in [2.75, 3.05) is 44.2 Å². The van der Waals surface area contributed by atoms with Crippen LogP contribution >= 0.6 is 11.3 Å². The summed E-state index contributed by atoms with van der Waals surface area (Å²) in [6.45, 7) is 6.20. The Balaban J connectivity index is 0.000000480. The molecule has 5 rings (SSSR count). The molecule has 1 saturated heterocycles. The van der Waals surface area contributed by atoms with Crippen LogP contribution in [-0.2, 0) is 9.59 Å². The number of aromatic nitrogens is 1. The number of nitrogens with zero attached hydrogens (tertiary/aromatic N) is 2. The number of ether oxygens (including phenoxy) is 1. The molecule has 0 spiro atoms. The highest BCUT2D eigenvalue weighted by atomic mass is 32.1. The molecule has 1 fully saturated rings. The van der Waals surface area contributed by atoms with Crippen LogP contribution in [0.15, 0.2) is 64.8 Å². The fourth-order valence-corrected chi connectivity index (χ4v) is 5.12. The lowest BCUT2D eigenvalue weighted by atomic mass is 10.2. The number of aromatic amines is 1. The van der Waals surface area contributed by atoms with Gasteiger partial charge in [0.2, 0.25) is 5.56 Å². The molecule has 9 nitrogen and oxygen atoms in total. The Morgan fingerprint density at radius 3 is 2.46 bits per heavy atom. The minimum absolute atomic E-state index is 0.0863. The summed E-state index contributed by atoms with van der Waals surface area (Å²) < 4.78 is 7.28. The molecule has 0 amide bonds. The van der Waals surface area contributed by atoms with Crippen molar-refractivity contribution in [1.29, 1.82) is 0 Å². The third kappa shape index (κ3) is 7.08. The van der Waals surface area contributed by atoms with Crippen molar-refractivity contribution >= 4 is 50.0 Å². The molecule has 194 valence electrons. The minimum Gasteiger partial charge on any atom is -0.494 e. The third-order valence-corrected chi connectivity index (χ3v) is 7.09. The Bertz CT molecular complexity index is 1410. The molecule has 2 aromatic heterocycles. The van der Waals surface area contributed by atoms with E-state index in [1.54, 1.807) is 6.07 Å². The predicted molar refractivity (Wildman–Crippen MR) is 145 cm³/mol. The van der Waals surface area contributed by atoms with E-state index < -0.39 is 11.9 Å². The molecule has 2 aromatic carbocycles. The van der Waals surface area contributed by atoms with E-state index in [1.807, 2.05) is 35.6 Å². The Labute approximate surface area is 217 Å². The number of fused-ring (bicyclic) bond motifs is 2. The number of pyridine rings is 1. The van der Waals surface area contributed by atoms with Crippen molar-refractivity contribution in [3.63, 3.8) is 0 Å². The van der Waals surface area contributed by atoms with E-state index in [2.05, 4.69) is 44.4 Å². The van der Waals surface area contributed by atoms with Crippen molar-refractivity contribution in [2.24, 2.45) is 0 Å². The van der Waals surface area contributed by atoms with E-state index in [0.717, 1.165) is 62.2 Å². The molecule has 10 heteroatoms. The van der Waals surface area contributed by atoms with Gasteiger partial charge in [-0.15, -0.1) is 11.3 Å². The molecule has 37 heavy (non-hydrogen) atoms. The molecule has 0 atom stereocenters. The van der Waals surface area contributed by atoms with E-state index in [1.165, 1.54) is 15.8 Å². The predicted octanol–water partition coefficient (Wildman–Crippen LogP) is 3.88. The lowest BCUT2D eigenvalue weighted by Gasteiger charge is -2.36. The van der Waals surface area contributed by atoms with Crippen molar-refractivity contribution in [1.82, 2.24) is 9.88 Å². The summed E-state index contributed by atoms with van der Waals surface area (Å²) >= 11 is 1.82. The number of thiophene rings is 1. The molecular weight excluding hydrogens is 494 g/mol. The van der Waals surface area contributed by atoms with Gasteiger partial charge in [-0.2, -0.15) is 0 Å². The number of hydrogen-bond acceptors (Lipinski definition) is 7. The van der Waals surface area contributed by atoms with E-state index >= 15 is 0 Å². The van der Waals surface area contributed by atoms with Crippen LogP contribution in [0, 0.1) is 0 Å². The van der Waals surface area contributed by atoms with Gasteiger partial charge >= 0.3 is 11.9 Å². The van der Waals surface area contributed by atoms with Gasteiger partial charge in [-0.3, -0.25) is 9.69 Å². The van der Waals surface area contributed by atoms with Gasteiger partial charge in [-0.05, 0) is 66.6 Å². The number of rotatable bonds is 7. The number of benzene rings is 2. The molecule has 1 aliphatic heterocycles. The zero-order chi connectivity index (χ0) is 26.2. The van der Waals surface area contributed by atoms with Crippen LogP contribution in [-0.4, -0.2) is 71.4 Å². The maximum atomic E-state index is 11.5. The van der Waals surface area contributed by atoms with Crippen LogP contribution < -0.4 is 15.2 Å². The molecular formula is C27H29N3O6S. The van der Waals surface area contributed by atoms with Gasteiger partial charge in [0, 0.05) is 54.1 Å². The molecule has 0 bridgehead atoms. The topological polar surface area (TPSA) is 123 Å². The largest absolute Gasteiger partial charge is 0.494 e. The first-order valence-corrected chi connectivity index (χ1v) is 12.9. The quantitative estimate of drug-likeness (QED) is 0.246. The number of H-pyrrole nitrogens is 1. The lowest BCUT2D eigenvalue weighted by Crippen LogP contribution is -2.46. The standard InChI is InChI=1S/C25H27N3O2S.C2H2O4/c29-25-9-7-19-6-8-20(18-22(19)26-25)30-16-2-1-11-27-12-14-28(15-13-27)23-4-3-5-24-21(23)10-17-31-24;3-1(4)2(5)6/h3-10,17-18H,1-2,11-16H2,(H,26,29);(H,3,4)(H,5,6). The number of carboxylic acids is 2. The van der Waals surface area contributed by atoms with Crippen molar-refractivity contribution in [3.8, 4) is 5.75 Å². The van der Waals surface area contributed by atoms with Crippen molar-refractivity contribution < 1.29 is 24.5 Å². The normalized spacial score (nSPS) is 13.8. The molecule has 0 aliphatic carbocycles. The molecule has 4 aromatic rings. The summed E-state index contributed by atoms with van der Waals surface area (Å²) in [4.78, 5) is 37.6. The summed E-state index contributed by atoms with van der Waals surface area (Å²) in [6.07, 6.45) is 2.16. The fourth-order valence-electron chi connectivity index (χ4n) is 4.31. The number of piperazine rings is 1. The van der Waals surface area contributed by atoms with Gasteiger partial charge < -0.3 is 24.8 Å². The molecule has 0 radical (unpaired) electrons. The summed E-state index contributed by atoms with van der Waals surface area (Å²) in [5.74, 6) is -2.84. The maximum Gasteiger partial charge on any atom is 0.414 e. The van der Waals surface area contributed by atoms with Gasteiger partial charge in [-0.25, -0.2) is 9.59 Å². The Morgan fingerprint density at radius 1 is 0.946 bits per heavy atom. The molecule has 0 unspecified atom stereocenters. The second kappa shape index (κ2) is 12.4. The average Bonchev–Trinajstić information content (AvgIpc) is 3.38. The van der Waals surface area contributed by atoms with Crippen LogP contribution in [0.3, 0.4) is 0 Å². The van der Waals surface area contributed by atoms with Gasteiger partial charge in [0.25, 0.3) is 0 Å². The highest BCUT2D eigenvalue weighted by Gasteiger charge is 2.18. The first-order chi connectivity index (χ1) is 17.9. The fraction of sp³-hybridized carbons (Fsp3) is 0.296. The highest BCUT2D eigenvalue weighted by Crippen LogP contribution is 2.31. The van der Waals surface area contributed by atoms with E-state index in [-0.39, 0.29) is 5.56 Å². The van der Waals surface area contributed by atoms with Crippen LogP contribution in [0.1, 0.15) is 12.8 Å².